The average Bonchev–Trinajstić information content (AvgIpc) is 3.14. The van der Waals surface area contributed by atoms with Crippen LogP contribution < -0.4 is 5.73 Å². The molecule has 6 aliphatic rings. The van der Waals surface area contributed by atoms with E-state index in [0.717, 1.165) is 37.7 Å². The summed E-state index contributed by atoms with van der Waals surface area (Å²) in [6, 6.07) is 0. The van der Waals surface area contributed by atoms with Gasteiger partial charge in [0.25, 0.3) is 0 Å². The van der Waals surface area contributed by atoms with E-state index in [4.69, 9.17) is 15.2 Å². The Balaban J connectivity index is 1.49. The second-order valence-corrected chi connectivity index (χ2v) is 10.8. The van der Waals surface area contributed by atoms with E-state index in [1.807, 2.05) is 0 Å². The fraction of sp³-hybridized carbons (Fsp3) is 0.783. The first kappa shape index (κ1) is 18.1. The van der Waals surface area contributed by atoms with Crippen molar-refractivity contribution in [3.63, 3.8) is 0 Å². The molecule has 2 N–H and O–H groups in total. The Labute approximate surface area is 170 Å². The minimum Gasteiger partial charge on any atom is -0.458 e. The molecular weight excluding hydrogens is 370 g/mol. The lowest BCUT2D eigenvalue weighted by atomic mass is 9.43. The maximum absolute atomic E-state index is 12.7. The predicted octanol–water partition coefficient (Wildman–Crippen LogP) is 2.44. The molecule has 2 spiro atoms. The normalized spacial score (nSPS) is 54.8. The molecule has 0 radical (unpaired) electrons. The van der Waals surface area contributed by atoms with E-state index in [0.29, 0.717) is 19.3 Å². The SMILES string of the molecule is C[C@]12CCC(=O)C=C1C[C@@H](C(N)=O)[C@H]1[C@@H]3CC[C@@]4(CCC(=O)O4)[C@@]3(C)CC3OC312. The number of hydrogen-bond donors (Lipinski definition) is 1. The van der Waals surface area contributed by atoms with E-state index in [-0.39, 0.29) is 52.3 Å². The minimum absolute atomic E-state index is 0.0257. The third kappa shape index (κ3) is 1.86. The number of amides is 1. The molecule has 1 amide bonds. The largest absolute Gasteiger partial charge is 0.458 e. The molecule has 2 saturated heterocycles. The molecule has 0 aromatic rings. The smallest absolute Gasteiger partial charge is 0.306 e. The van der Waals surface area contributed by atoms with Crippen LogP contribution in [0.1, 0.15) is 65.2 Å². The Kier molecular flexibility index (Phi) is 3.20. The number of primary amides is 1. The van der Waals surface area contributed by atoms with Gasteiger partial charge in [-0.3, -0.25) is 14.4 Å². The van der Waals surface area contributed by atoms with Crippen LogP contribution in [0.3, 0.4) is 0 Å². The standard InChI is InChI=1S/C23H29NO5/c1-20-6-3-13(25)9-12(20)10-14(19(24)27)18-15-4-7-22(8-5-17(26)29-22)21(15,2)11-16-23(18,20)28-16/h9,14-16,18H,3-8,10-11H2,1-2H3,(H2,24,27)/t14-,15+,16?,18+,20+,21+,22-,23?/m1/s1. The third-order valence-electron chi connectivity index (χ3n) is 10.1. The molecule has 0 aromatic carbocycles. The molecule has 4 aliphatic carbocycles. The molecule has 3 saturated carbocycles. The molecule has 6 rings (SSSR count). The van der Waals surface area contributed by atoms with E-state index in [2.05, 4.69) is 13.8 Å². The van der Waals surface area contributed by atoms with Gasteiger partial charge in [0.2, 0.25) is 5.91 Å². The quantitative estimate of drug-likeness (QED) is 0.539. The molecule has 2 unspecified atom stereocenters. The molecule has 2 aliphatic heterocycles. The van der Waals surface area contributed by atoms with Gasteiger partial charge in [-0.05, 0) is 50.5 Å². The van der Waals surface area contributed by atoms with Gasteiger partial charge in [0, 0.05) is 35.5 Å². The number of esters is 1. The van der Waals surface area contributed by atoms with Crippen LogP contribution >= 0.6 is 0 Å². The highest BCUT2D eigenvalue weighted by molar-refractivity contribution is 5.92. The lowest BCUT2D eigenvalue weighted by Crippen LogP contribution is -2.63. The topological polar surface area (TPSA) is 99.0 Å². The molecule has 156 valence electrons. The third-order valence-corrected chi connectivity index (χ3v) is 10.1. The average molecular weight is 399 g/mol. The summed E-state index contributed by atoms with van der Waals surface area (Å²) in [5, 5.41) is 0. The van der Waals surface area contributed by atoms with Crippen molar-refractivity contribution in [2.24, 2.45) is 34.3 Å². The summed E-state index contributed by atoms with van der Waals surface area (Å²) in [5.74, 6) is -0.316. The van der Waals surface area contributed by atoms with Gasteiger partial charge in [-0.2, -0.15) is 0 Å². The summed E-state index contributed by atoms with van der Waals surface area (Å²) in [6.45, 7) is 4.49. The number of fused-ring (bicyclic) bond motifs is 4. The van der Waals surface area contributed by atoms with Crippen molar-refractivity contribution in [3.05, 3.63) is 11.6 Å². The van der Waals surface area contributed by atoms with Gasteiger partial charge in [0.05, 0.1) is 6.10 Å². The van der Waals surface area contributed by atoms with E-state index in [1.54, 1.807) is 6.08 Å². The van der Waals surface area contributed by atoms with Crippen LogP contribution in [-0.2, 0) is 23.9 Å². The second-order valence-electron chi connectivity index (χ2n) is 10.8. The van der Waals surface area contributed by atoms with E-state index >= 15 is 0 Å². The lowest BCUT2D eigenvalue weighted by molar-refractivity contribution is -0.167. The van der Waals surface area contributed by atoms with Crippen LogP contribution in [-0.4, -0.2) is 35.0 Å². The maximum atomic E-state index is 12.7. The molecule has 8 atom stereocenters. The van der Waals surface area contributed by atoms with Crippen LogP contribution in [0.2, 0.25) is 0 Å². The van der Waals surface area contributed by atoms with Crippen LogP contribution in [0.25, 0.3) is 0 Å². The van der Waals surface area contributed by atoms with Crippen LogP contribution in [0.4, 0.5) is 0 Å². The Hall–Kier alpha value is -1.69. The minimum atomic E-state index is -0.422. The maximum Gasteiger partial charge on any atom is 0.306 e. The highest BCUT2D eigenvalue weighted by atomic mass is 16.6. The number of carbonyl (C=O) groups excluding carboxylic acids is 3. The fourth-order valence-electron chi connectivity index (χ4n) is 8.58. The number of ketones is 1. The summed E-state index contributed by atoms with van der Waals surface area (Å²) >= 11 is 0. The highest BCUT2D eigenvalue weighted by Crippen LogP contribution is 2.78. The Morgan fingerprint density at radius 1 is 1.17 bits per heavy atom. The first-order valence-electron chi connectivity index (χ1n) is 11.1. The number of ether oxygens (including phenoxy) is 2. The van der Waals surface area contributed by atoms with Gasteiger partial charge < -0.3 is 15.2 Å². The summed E-state index contributed by atoms with van der Waals surface area (Å²) < 4.78 is 12.6. The molecule has 6 heteroatoms. The highest BCUT2D eigenvalue weighted by Gasteiger charge is 2.83. The van der Waals surface area contributed by atoms with Gasteiger partial charge in [-0.25, -0.2) is 0 Å². The molecule has 2 heterocycles. The predicted molar refractivity (Wildman–Crippen MR) is 102 cm³/mol. The van der Waals surface area contributed by atoms with Crippen LogP contribution in [0, 0.1) is 28.6 Å². The van der Waals surface area contributed by atoms with Gasteiger partial charge in [0.15, 0.2) is 5.78 Å². The number of nitrogens with two attached hydrogens (primary N) is 1. The summed E-state index contributed by atoms with van der Waals surface area (Å²) in [5.41, 5.74) is 5.77. The van der Waals surface area contributed by atoms with Gasteiger partial charge >= 0.3 is 5.97 Å². The van der Waals surface area contributed by atoms with Crippen molar-refractivity contribution >= 4 is 17.7 Å². The Morgan fingerprint density at radius 3 is 2.66 bits per heavy atom. The van der Waals surface area contributed by atoms with Crippen molar-refractivity contribution in [1.29, 1.82) is 0 Å². The molecular formula is C23H29NO5. The number of carbonyl (C=O) groups is 3. The number of hydrogen-bond acceptors (Lipinski definition) is 5. The lowest BCUT2D eigenvalue weighted by Gasteiger charge is -2.58. The monoisotopic (exact) mass is 399 g/mol. The fourth-order valence-corrected chi connectivity index (χ4v) is 8.58. The zero-order valence-corrected chi connectivity index (χ0v) is 17.2. The van der Waals surface area contributed by atoms with Crippen molar-refractivity contribution in [2.75, 3.05) is 0 Å². The zero-order chi connectivity index (χ0) is 20.4. The molecule has 0 bridgehead atoms. The molecule has 0 aromatic heterocycles. The summed E-state index contributed by atoms with van der Waals surface area (Å²) in [6.07, 6.45) is 7.57. The van der Waals surface area contributed by atoms with E-state index < -0.39 is 11.2 Å². The van der Waals surface area contributed by atoms with E-state index in [9.17, 15) is 14.4 Å². The summed E-state index contributed by atoms with van der Waals surface area (Å²) in [7, 11) is 0. The molecule has 29 heavy (non-hydrogen) atoms. The molecule has 5 fully saturated rings. The first-order chi connectivity index (χ1) is 13.7. The van der Waals surface area contributed by atoms with Crippen molar-refractivity contribution in [2.45, 2.75) is 82.5 Å². The van der Waals surface area contributed by atoms with Crippen LogP contribution in [0.15, 0.2) is 11.6 Å². The van der Waals surface area contributed by atoms with Crippen molar-refractivity contribution < 1.29 is 23.9 Å². The Morgan fingerprint density at radius 2 is 1.97 bits per heavy atom. The van der Waals surface area contributed by atoms with E-state index in [1.165, 1.54) is 0 Å². The number of rotatable bonds is 1. The first-order valence-corrected chi connectivity index (χ1v) is 11.1. The van der Waals surface area contributed by atoms with Gasteiger partial charge in [0.1, 0.15) is 11.2 Å². The Bertz CT molecular complexity index is 896. The van der Waals surface area contributed by atoms with Crippen molar-refractivity contribution in [1.82, 2.24) is 0 Å². The number of epoxide rings is 1. The molecule has 6 nitrogen and oxygen atoms in total. The second kappa shape index (κ2) is 5.13. The van der Waals surface area contributed by atoms with Gasteiger partial charge in [-0.1, -0.05) is 19.4 Å². The summed E-state index contributed by atoms with van der Waals surface area (Å²) in [4.78, 5) is 36.9. The zero-order valence-electron chi connectivity index (χ0n) is 17.2. The van der Waals surface area contributed by atoms with Gasteiger partial charge in [-0.15, -0.1) is 0 Å². The van der Waals surface area contributed by atoms with Crippen molar-refractivity contribution in [3.8, 4) is 0 Å². The van der Waals surface area contributed by atoms with Crippen LogP contribution in [0.5, 0.6) is 0 Å².